The van der Waals surface area contributed by atoms with Crippen LogP contribution in [0, 0.1) is 10.1 Å². The highest BCUT2D eigenvalue weighted by Gasteiger charge is 2.20. The van der Waals surface area contributed by atoms with Gasteiger partial charge in [-0.2, -0.15) is 0 Å². The highest BCUT2D eigenvalue weighted by Crippen LogP contribution is 2.33. The number of para-hydroxylation sites is 1. The molecule has 20 heavy (non-hydrogen) atoms. The maximum atomic E-state index is 11.3. The molecule has 0 aliphatic heterocycles. The molecule has 0 fully saturated rings. The summed E-state index contributed by atoms with van der Waals surface area (Å²) in [6.07, 6.45) is 2.27. The van der Waals surface area contributed by atoms with Gasteiger partial charge in [-0.25, -0.2) is 0 Å². The molecule has 0 heterocycles. The second-order valence-corrected chi connectivity index (χ2v) is 4.65. The van der Waals surface area contributed by atoms with Crippen LogP contribution in [-0.4, -0.2) is 29.2 Å². The Morgan fingerprint density at radius 1 is 1.35 bits per heavy atom. The molecular formula is C14H23N3O3. The predicted octanol–water partition coefficient (Wildman–Crippen LogP) is 2.99. The molecule has 1 aromatic rings. The molecule has 1 atom stereocenters. The average Bonchev–Trinajstić information content (AvgIpc) is 2.44. The summed E-state index contributed by atoms with van der Waals surface area (Å²) in [5.74, 6) is 0. The number of hydrogen-bond donors (Lipinski definition) is 3. The van der Waals surface area contributed by atoms with Crippen molar-refractivity contribution in [3.8, 4) is 0 Å². The van der Waals surface area contributed by atoms with Crippen LogP contribution < -0.4 is 10.6 Å². The molecule has 6 nitrogen and oxygen atoms in total. The van der Waals surface area contributed by atoms with E-state index in [4.69, 9.17) is 5.11 Å². The monoisotopic (exact) mass is 281 g/mol. The molecule has 0 amide bonds. The Morgan fingerprint density at radius 3 is 2.60 bits per heavy atom. The zero-order chi connectivity index (χ0) is 15.0. The highest BCUT2D eigenvalue weighted by molar-refractivity contribution is 5.76. The van der Waals surface area contributed by atoms with Crippen LogP contribution in [0.4, 0.5) is 17.1 Å². The molecule has 0 saturated carbocycles. The lowest BCUT2D eigenvalue weighted by molar-refractivity contribution is -0.383. The Balaban J connectivity index is 3.02. The Morgan fingerprint density at radius 2 is 2.05 bits per heavy atom. The van der Waals surface area contributed by atoms with Crippen molar-refractivity contribution in [1.29, 1.82) is 0 Å². The molecule has 0 aromatic heterocycles. The van der Waals surface area contributed by atoms with Gasteiger partial charge in [-0.15, -0.1) is 0 Å². The van der Waals surface area contributed by atoms with Gasteiger partial charge in [-0.1, -0.05) is 19.9 Å². The number of hydrogen-bond acceptors (Lipinski definition) is 5. The maximum absolute atomic E-state index is 11.3. The normalized spacial score (nSPS) is 11.9. The standard InChI is InChI=1S/C14H23N3O3/c1-3-9-15-12-6-5-7-13(14(12)17(19)20)16-11(4-2)8-10-18/h5-7,11,15-16,18H,3-4,8-10H2,1-2H3. The smallest absolute Gasteiger partial charge is 0.315 e. The third kappa shape index (κ3) is 4.38. The first-order chi connectivity index (χ1) is 9.63. The molecule has 3 N–H and O–H groups in total. The number of rotatable bonds is 9. The van der Waals surface area contributed by atoms with Gasteiger partial charge in [0.05, 0.1) is 4.92 Å². The highest BCUT2D eigenvalue weighted by atomic mass is 16.6. The lowest BCUT2D eigenvalue weighted by Crippen LogP contribution is -2.20. The molecule has 0 aliphatic carbocycles. The second kappa shape index (κ2) is 8.37. The number of nitro groups is 1. The van der Waals surface area contributed by atoms with E-state index in [0.717, 1.165) is 12.8 Å². The minimum Gasteiger partial charge on any atom is -0.396 e. The van der Waals surface area contributed by atoms with Crippen LogP contribution >= 0.6 is 0 Å². The van der Waals surface area contributed by atoms with E-state index in [0.29, 0.717) is 24.3 Å². The predicted molar refractivity (Wildman–Crippen MR) is 81.3 cm³/mol. The van der Waals surface area contributed by atoms with Gasteiger partial charge in [-0.05, 0) is 31.4 Å². The fraction of sp³-hybridized carbons (Fsp3) is 0.571. The third-order valence-electron chi connectivity index (χ3n) is 3.11. The van der Waals surface area contributed by atoms with Crippen molar-refractivity contribution >= 4 is 17.1 Å². The lowest BCUT2D eigenvalue weighted by Gasteiger charge is -2.18. The number of nitrogens with zero attached hydrogens (tertiary/aromatic N) is 1. The summed E-state index contributed by atoms with van der Waals surface area (Å²) < 4.78 is 0. The van der Waals surface area contributed by atoms with Crippen molar-refractivity contribution in [2.75, 3.05) is 23.8 Å². The van der Waals surface area contributed by atoms with Crippen molar-refractivity contribution in [3.05, 3.63) is 28.3 Å². The number of anilines is 2. The molecule has 0 spiro atoms. The van der Waals surface area contributed by atoms with Crippen LogP contribution in [-0.2, 0) is 0 Å². The summed E-state index contributed by atoms with van der Waals surface area (Å²) >= 11 is 0. The van der Waals surface area contributed by atoms with Crippen LogP contribution in [0.25, 0.3) is 0 Å². The van der Waals surface area contributed by atoms with E-state index in [1.54, 1.807) is 18.2 Å². The number of nitro benzene ring substituents is 1. The lowest BCUT2D eigenvalue weighted by atomic mass is 10.1. The van der Waals surface area contributed by atoms with Crippen LogP contribution in [0.3, 0.4) is 0 Å². The van der Waals surface area contributed by atoms with Gasteiger partial charge in [0.2, 0.25) is 0 Å². The summed E-state index contributed by atoms with van der Waals surface area (Å²) in [5.41, 5.74) is 1.09. The van der Waals surface area contributed by atoms with Gasteiger partial charge in [0.25, 0.3) is 0 Å². The van der Waals surface area contributed by atoms with Gasteiger partial charge >= 0.3 is 5.69 Å². The second-order valence-electron chi connectivity index (χ2n) is 4.65. The molecule has 0 bridgehead atoms. The van der Waals surface area contributed by atoms with Crippen LogP contribution in [0.2, 0.25) is 0 Å². The summed E-state index contributed by atoms with van der Waals surface area (Å²) in [4.78, 5) is 10.9. The topological polar surface area (TPSA) is 87.4 Å². The van der Waals surface area contributed by atoms with E-state index in [9.17, 15) is 10.1 Å². The van der Waals surface area contributed by atoms with Crippen molar-refractivity contribution in [1.82, 2.24) is 0 Å². The molecular weight excluding hydrogens is 258 g/mol. The molecule has 1 aromatic carbocycles. The molecule has 1 unspecified atom stereocenters. The van der Waals surface area contributed by atoms with Gasteiger partial charge in [0.1, 0.15) is 11.4 Å². The third-order valence-corrected chi connectivity index (χ3v) is 3.11. The van der Waals surface area contributed by atoms with Gasteiger partial charge in [0, 0.05) is 19.2 Å². The fourth-order valence-electron chi connectivity index (χ4n) is 2.01. The molecule has 0 radical (unpaired) electrons. The van der Waals surface area contributed by atoms with Crippen molar-refractivity contribution in [2.24, 2.45) is 0 Å². The first-order valence-corrected chi connectivity index (χ1v) is 7.02. The van der Waals surface area contributed by atoms with Gasteiger partial charge in [-0.3, -0.25) is 10.1 Å². The number of benzene rings is 1. The Kier molecular flexibility index (Phi) is 6.79. The van der Waals surface area contributed by atoms with E-state index in [2.05, 4.69) is 10.6 Å². The van der Waals surface area contributed by atoms with E-state index >= 15 is 0 Å². The summed E-state index contributed by atoms with van der Waals surface area (Å²) in [6, 6.07) is 5.24. The van der Waals surface area contributed by atoms with Crippen LogP contribution in [0.1, 0.15) is 33.1 Å². The van der Waals surface area contributed by atoms with Crippen molar-refractivity contribution in [2.45, 2.75) is 39.2 Å². The maximum Gasteiger partial charge on any atom is 0.315 e. The first-order valence-electron chi connectivity index (χ1n) is 7.02. The minimum absolute atomic E-state index is 0.0279. The number of nitrogens with one attached hydrogen (secondary N) is 2. The average molecular weight is 281 g/mol. The Hall–Kier alpha value is -1.82. The van der Waals surface area contributed by atoms with Crippen LogP contribution in [0.15, 0.2) is 18.2 Å². The van der Waals surface area contributed by atoms with Gasteiger partial charge < -0.3 is 15.7 Å². The molecule has 1 rings (SSSR count). The molecule has 0 aliphatic rings. The summed E-state index contributed by atoms with van der Waals surface area (Å²) in [5, 5.41) is 26.5. The molecule has 112 valence electrons. The van der Waals surface area contributed by atoms with E-state index < -0.39 is 0 Å². The van der Waals surface area contributed by atoms with Gasteiger partial charge in [0.15, 0.2) is 0 Å². The van der Waals surface area contributed by atoms with E-state index in [-0.39, 0.29) is 23.3 Å². The quantitative estimate of drug-likeness (QED) is 0.478. The van der Waals surface area contributed by atoms with Crippen molar-refractivity contribution in [3.63, 3.8) is 0 Å². The largest absolute Gasteiger partial charge is 0.396 e. The van der Waals surface area contributed by atoms with Crippen molar-refractivity contribution < 1.29 is 10.0 Å². The molecule has 0 saturated heterocycles. The SMILES string of the molecule is CCCNc1cccc(NC(CC)CCO)c1[N+](=O)[O-]. The van der Waals surface area contributed by atoms with Crippen LogP contribution in [0.5, 0.6) is 0 Å². The van der Waals surface area contributed by atoms with E-state index in [1.807, 2.05) is 13.8 Å². The zero-order valence-corrected chi connectivity index (χ0v) is 12.1. The number of aliphatic hydroxyl groups is 1. The molecule has 6 heteroatoms. The minimum atomic E-state index is -0.369. The zero-order valence-electron chi connectivity index (χ0n) is 12.1. The first kappa shape index (κ1) is 16.2. The fourth-order valence-corrected chi connectivity index (χ4v) is 2.01. The Labute approximate surface area is 119 Å². The summed E-state index contributed by atoms with van der Waals surface area (Å²) in [6.45, 7) is 4.75. The van der Waals surface area contributed by atoms with E-state index in [1.165, 1.54) is 0 Å². The summed E-state index contributed by atoms with van der Waals surface area (Å²) in [7, 11) is 0. The number of aliphatic hydroxyl groups excluding tert-OH is 1. The Bertz CT molecular complexity index is 438.